The monoisotopic (exact) mass is 290 g/mol. The maximum Gasteiger partial charge on any atom is 0.165 e. The van der Waals surface area contributed by atoms with Crippen LogP contribution in [0.5, 0.6) is 11.5 Å². The fraction of sp³-hybridized carbons (Fsp3) is 0.294. The summed E-state index contributed by atoms with van der Waals surface area (Å²) in [5.74, 6) is 0.492. The molecular formula is C17H19FO3. The Labute approximate surface area is 124 Å². The van der Waals surface area contributed by atoms with Gasteiger partial charge in [-0.25, -0.2) is 4.39 Å². The Kier molecular flexibility index (Phi) is 5.17. The summed E-state index contributed by atoms with van der Waals surface area (Å²) >= 11 is 0. The molecule has 1 unspecified atom stereocenters. The first kappa shape index (κ1) is 15.3. The fourth-order valence-electron chi connectivity index (χ4n) is 2.16. The van der Waals surface area contributed by atoms with Gasteiger partial charge in [0, 0.05) is 6.42 Å². The van der Waals surface area contributed by atoms with Crippen molar-refractivity contribution in [3.63, 3.8) is 0 Å². The molecule has 0 amide bonds. The second-order valence-electron chi connectivity index (χ2n) is 4.69. The Bertz CT molecular complexity index is 598. The van der Waals surface area contributed by atoms with Crippen LogP contribution in [0.25, 0.3) is 0 Å². The Morgan fingerprint density at radius 1 is 1.19 bits per heavy atom. The van der Waals surface area contributed by atoms with Crippen LogP contribution in [0.3, 0.4) is 0 Å². The zero-order valence-corrected chi connectivity index (χ0v) is 12.2. The van der Waals surface area contributed by atoms with Crippen LogP contribution in [-0.2, 0) is 6.42 Å². The molecule has 4 heteroatoms. The highest BCUT2D eigenvalue weighted by atomic mass is 19.1. The molecule has 0 radical (unpaired) electrons. The third-order valence-electron chi connectivity index (χ3n) is 3.20. The number of halogens is 1. The predicted octanol–water partition coefficient (Wildman–Crippen LogP) is 3.51. The second kappa shape index (κ2) is 7.09. The number of ether oxygens (including phenoxy) is 2. The fourth-order valence-corrected chi connectivity index (χ4v) is 2.16. The van der Waals surface area contributed by atoms with E-state index in [2.05, 4.69) is 0 Å². The van der Waals surface area contributed by atoms with Crippen molar-refractivity contribution < 1.29 is 19.0 Å². The summed E-state index contributed by atoms with van der Waals surface area (Å²) in [7, 11) is 1.42. The average molecular weight is 290 g/mol. The molecule has 21 heavy (non-hydrogen) atoms. The van der Waals surface area contributed by atoms with E-state index in [1.807, 2.05) is 25.1 Å². The lowest BCUT2D eigenvalue weighted by molar-refractivity contribution is 0.177. The molecule has 0 aromatic heterocycles. The second-order valence-corrected chi connectivity index (χ2v) is 4.69. The van der Waals surface area contributed by atoms with E-state index in [0.717, 1.165) is 11.3 Å². The summed E-state index contributed by atoms with van der Waals surface area (Å²) in [6.45, 7) is 2.48. The highest BCUT2D eigenvalue weighted by Crippen LogP contribution is 2.24. The van der Waals surface area contributed by atoms with Gasteiger partial charge < -0.3 is 14.6 Å². The van der Waals surface area contributed by atoms with Crippen molar-refractivity contribution >= 4 is 0 Å². The molecule has 0 spiro atoms. The summed E-state index contributed by atoms with van der Waals surface area (Å²) in [5.41, 5.74) is 1.46. The maximum atomic E-state index is 13.6. The van der Waals surface area contributed by atoms with Gasteiger partial charge in [0.25, 0.3) is 0 Å². The molecule has 1 atom stereocenters. The van der Waals surface area contributed by atoms with E-state index in [-0.39, 0.29) is 5.75 Å². The van der Waals surface area contributed by atoms with Gasteiger partial charge in [0.2, 0.25) is 0 Å². The summed E-state index contributed by atoms with van der Waals surface area (Å²) in [6, 6.07) is 12.0. The summed E-state index contributed by atoms with van der Waals surface area (Å²) < 4.78 is 23.9. The van der Waals surface area contributed by atoms with Crippen LogP contribution in [0.1, 0.15) is 24.2 Å². The quantitative estimate of drug-likeness (QED) is 0.885. The summed E-state index contributed by atoms with van der Waals surface area (Å²) in [4.78, 5) is 0. The molecule has 2 aromatic rings. The molecule has 0 aliphatic heterocycles. The number of rotatable bonds is 6. The van der Waals surface area contributed by atoms with Gasteiger partial charge in [-0.15, -0.1) is 0 Å². The number of hydrogen-bond donors (Lipinski definition) is 1. The Morgan fingerprint density at radius 2 is 2.00 bits per heavy atom. The van der Waals surface area contributed by atoms with E-state index in [1.165, 1.54) is 13.2 Å². The van der Waals surface area contributed by atoms with E-state index >= 15 is 0 Å². The predicted molar refractivity (Wildman–Crippen MR) is 79.2 cm³/mol. The zero-order valence-electron chi connectivity index (χ0n) is 12.2. The molecule has 0 saturated heterocycles. The molecule has 1 N–H and O–H groups in total. The van der Waals surface area contributed by atoms with Crippen LogP contribution >= 0.6 is 0 Å². The number of benzene rings is 2. The first-order valence-electron chi connectivity index (χ1n) is 6.87. The topological polar surface area (TPSA) is 38.7 Å². The summed E-state index contributed by atoms with van der Waals surface area (Å²) in [5, 5.41) is 10.3. The van der Waals surface area contributed by atoms with Crippen LogP contribution in [0.4, 0.5) is 4.39 Å². The minimum Gasteiger partial charge on any atom is -0.494 e. The van der Waals surface area contributed by atoms with Crippen LogP contribution in [0.15, 0.2) is 42.5 Å². The van der Waals surface area contributed by atoms with Crippen molar-refractivity contribution in [2.24, 2.45) is 0 Å². The van der Waals surface area contributed by atoms with Gasteiger partial charge >= 0.3 is 0 Å². The molecule has 112 valence electrons. The van der Waals surface area contributed by atoms with E-state index in [4.69, 9.17) is 9.47 Å². The lowest BCUT2D eigenvalue weighted by Gasteiger charge is -2.13. The Hall–Kier alpha value is -2.07. The van der Waals surface area contributed by atoms with Crippen molar-refractivity contribution in [2.45, 2.75) is 19.4 Å². The van der Waals surface area contributed by atoms with Crippen LogP contribution in [0, 0.1) is 5.82 Å². The number of hydrogen-bond acceptors (Lipinski definition) is 3. The molecular weight excluding hydrogens is 271 g/mol. The highest BCUT2D eigenvalue weighted by molar-refractivity contribution is 5.33. The van der Waals surface area contributed by atoms with Crippen molar-refractivity contribution in [2.75, 3.05) is 13.7 Å². The molecule has 3 nitrogen and oxygen atoms in total. The smallest absolute Gasteiger partial charge is 0.165 e. The lowest BCUT2D eigenvalue weighted by Crippen LogP contribution is -2.03. The minimum absolute atomic E-state index is 0.201. The molecule has 2 rings (SSSR count). The van der Waals surface area contributed by atoms with Crippen LogP contribution < -0.4 is 9.47 Å². The van der Waals surface area contributed by atoms with Gasteiger partial charge in [-0.1, -0.05) is 18.2 Å². The first-order valence-corrected chi connectivity index (χ1v) is 6.87. The maximum absolute atomic E-state index is 13.6. The third kappa shape index (κ3) is 3.95. The van der Waals surface area contributed by atoms with Crippen molar-refractivity contribution in [1.82, 2.24) is 0 Å². The highest BCUT2D eigenvalue weighted by Gasteiger charge is 2.11. The van der Waals surface area contributed by atoms with Gasteiger partial charge in [0.15, 0.2) is 11.6 Å². The molecule has 2 aromatic carbocycles. The van der Waals surface area contributed by atoms with Gasteiger partial charge in [0.05, 0.1) is 19.8 Å². The van der Waals surface area contributed by atoms with E-state index in [1.54, 1.807) is 18.2 Å². The molecule has 0 fully saturated rings. The lowest BCUT2D eigenvalue weighted by atomic mass is 10.0. The van der Waals surface area contributed by atoms with Crippen molar-refractivity contribution in [3.05, 3.63) is 59.4 Å². The van der Waals surface area contributed by atoms with Gasteiger partial charge in [-0.05, 0) is 42.3 Å². The minimum atomic E-state index is -0.710. The third-order valence-corrected chi connectivity index (χ3v) is 3.20. The van der Waals surface area contributed by atoms with E-state index in [9.17, 15) is 9.50 Å². The van der Waals surface area contributed by atoms with Crippen LogP contribution in [0.2, 0.25) is 0 Å². The molecule has 0 saturated carbocycles. The van der Waals surface area contributed by atoms with Crippen LogP contribution in [-0.4, -0.2) is 18.8 Å². The number of methoxy groups -OCH3 is 1. The van der Waals surface area contributed by atoms with Gasteiger partial charge in [0.1, 0.15) is 5.75 Å². The first-order chi connectivity index (χ1) is 10.1. The SMILES string of the molecule is CCOc1cccc(C(O)Cc2ccc(OC)c(F)c2)c1. The molecule has 0 aliphatic rings. The standard InChI is InChI=1S/C17H19FO3/c1-3-21-14-6-4-5-13(11-14)16(19)10-12-7-8-17(20-2)15(18)9-12/h4-9,11,16,19H,3,10H2,1-2H3. The molecule has 0 heterocycles. The Morgan fingerprint density at radius 3 is 2.67 bits per heavy atom. The van der Waals surface area contributed by atoms with Gasteiger partial charge in [-0.3, -0.25) is 0 Å². The molecule has 0 aliphatic carbocycles. The van der Waals surface area contributed by atoms with Crippen molar-refractivity contribution in [3.8, 4) is 11.5 Å². The summed E-state index contributed by atoms with van der Waals surface area (Å²) in [6.07, 6.45) is -0.380. The number of aliphatic hydroxyl groups is 1. The van der Waals surface area contributed by atoms with E-state index in [0.29, 0.717) is 18.6 Å². The number of aliphatic hydroxyl groups excluding tert-OH is 1. The normalized spacial score (nSPS) is 12.0. The largest absolute Gasteiger partial charge is 0.494 e. The zero-order chi connectivity index (χ0) is 15.2. The average Bonchev–Trinajstić information content (AvgIpc) is 2.48. The van der Waals surface area contributed by atoms with Gasteiger partial charge in [-0.2, -0.15) is 0 Å². The van der Waals surface area contributed by atoms with E-state index < -0.39 is 11.9 Å². The Balaban J connectivity index is 2.12. The van der Waals surface area contributed by atoms with Crippen molar-refractivity contribution in [1.29, 1.82) is 0 Å². The molecule has 0 bridgehead atoms.